The number of carbonyl (C=O) groups excluding carboxylic acids is 2. The van der Waals surface area contributed by atoms with Gasteiger partial charge in [0, 0.05) is 5.56 Å². The molecule has 0 aliphatic heterocycles. The molecule has 1 unspecified atom stereocenters. The van der Waals surface area contributed by atoms with E-state index in [-0.39, 0.29) is 11.1 Å². The molecule has 0 radical (unpaired) electrons. The summed E-state index contributed by atoms with van der Waals surface area (Å²) in [7, 11) is 1.54. The number of rotatable bonds is 6. The molecule has 0 aliphatic carbocycles. The average Bonchev–Trinajstić information content (AvgIpc) is 2.59. The highest BCUT2D eigenvalue weighted by atomic mass is 35.5. The van der Waals surface area contributed by atoms with Gasteiger partial charge >= 0.3 is 5.97 Å². The van der Waals surface area contributed by atoms with Crippen LogP contribution in [-0.2, 0) is 9.53 Å². The van der Waals surface area contributed by atoms with Gasteiger partial charge < -0.3 is 14.8 Å². The maximum atomic E-state index is 13.6. The van der Waals surface area contributed by atoms with Crippen molar-refractivity contribution in [2.45, 2.75) is 13.0 Å². The lowest BCUT2D eigenvalue weighted by Crippen LogP contribution is -2.31. The van der Waals surface area contributed by atoms with Gasteiger partial charge in [-0.1, -0.05) is 35.9 Å². The van der Waals surface area contributed by atoms with E-state index in [0.717, 1.165) is 11.6 Å². The Bertz CT molecular complexity index is 761. The largest absolute Gasteiger partial charge is 0.496 e. The first-order chi connectivity index (χ1) is 11.9. The summed E-state index contributed by atoms with van der Waals surface area (Å²) in [6.45, 7) is 1.22. The molecule has 0 aliphatic rings. The lowest BCUT2D eigenvalue weighted by Gasteiger charge is -2.17. The van der Waals surface area contributed by atoms with Crippen LogP contribution in [0.3, 0.4) is 0 Å². The third-order valence-corrected chi connectivity index (χ3v) is 3.80. The van der Waals surface area contributed by atoms with E-state index >= 15 is 0 Å². The van der Waals surface area contributed by atoms with Crippen molar-refractivity contribution in [1.82, 2.24) is 5.32 Å². The van der Waals surface area contributed by atoms with Gasteiger partial charge in [-0.2, -0.15) is 0 Å². The number of hydrogen-bond donors (Lipinski definition) is 1. The van der Waals surface area contributed by atoms with Crippen LogP contribution in [-0.4, -0.2) is 25.6 Å². The van der Waals surface area contributed by atoms with Crippen molar-refractivity contribution in [3.05, 3.63) is 64.4 Å². The number of ether oxygens (including phenoxy) is 2. The van der Waals surface area contributed by atoms with E-state index in [1.54, 1.807) is 13.0 Å². The number of amides is 1. The SMILES string of the molecule is COc1ccccc1C(C)NC(=O)COC(=O)c1c(F)cccc1Cl. The standard InChI is InChI=1S/C18H17ClFNO4/c1-11(12-6-3-4-9-15(12)24-2)21-16(22)10-25-18(23)17-13(19)7-5-8-14(17)20/h3-9,11H,10H2,1-2H3,(H,21,22). The minimum Gasteiger partial charge on any atom is -0.496 e. The number of benzene rings is 2. The Morgan fingerprint density at radius 3 is 2.60 bits per heavy atom. The van der Waals surface area contributed by atoms with Crippen LogP contribution in [0.1, 0.15) is 28.9 Å². The minimum atomic E-state index is -0.997. The summed E-state index contributed by atoms with van der Waals surface area (Å²) >= 11 is 5.78. The highest BCUT2D eigenvalue weighted by Crippen LogP contribution is 2.24. The minimum absolute atomic E-state index is 0.0761. The lowest BCUT2D eigenvalue weighted by molar-refractivity contribution is -0.124. The van der Waals surface area contributed by atoms with Gasteiger partial charge in [0.15, 0.2) is 6.61 Å². The molecule has 132 valence electrons. The van der Waals surface area contributed by atoms with Gasteiger partial charge in [0.25, 0.3) is 5.91 Å². The molecule has 0 aromatic heterocycles. The Balaban J connectivity index is 1.95. The molecule has 2 aromatic carbocycles. The zero-order chi connectivity index (χ0) is 18.4. The summed E-state index contributed by atoms with van der Waals surface area (Å²) in [6, 6.07) is 10.7. The zero-order valence-electron chi connectivity index (χ0n) is 13.7. The van der Waals surface area contributed by atoms with Crippen molar-refractivity contribution in [3.63, 3.8) is 0 Å². The van der Waals surface area contributed by atoms with Crippen LogP contribution < -0.4 is 10.1 Å². The Morgan fingerprint density at radius 1 is 1.20 bits per heavy atom. The fourth-order valence-corrected chi connectivity index (χ4v) is 2.52. The predicted octanol–water partition coefficient (Wildman–Crippen LogP) is 3.52. The summed E-state index contributed by atoms with van der Waals surface area (Å²) in [4.78, 5) is 23.9. The Morgan fingerprint density at radius 2 is 1.92 bits per heavy atom. The van der Waals surface area contributed by atoms with E-state index in [1.807, 2.05) is 18.2 Å². The maximum absolute atomic E-state index is 13.6. The molecule has 0 spiro atoms. The van der Waals surface area contributed by atoms with E-state index in [4.69, 9.17) is 21.1 Å². The van der Waals surface area contributed by atoms with Crippen LogP contribution in [0.2, 0.25) is 5.02 Å². The molecule has 1 atom stereocenters. The molecule has 2 aromatic rings. The first-order valence-corrected chi connectivity index (χ1v) is 7.85. The van der Waals surface area contributed by atoms with Crippen LogP contribution in [0.4, 0.5) is 4.39 Å². The molecule has 0 heterocycles. The van der Waals surface area contributed by atoms with Crippen molar-refractivity contribution in [1.29, 1.82) is 0 Å². The van der Waals surface area contributed by atoms with E-state index in [0.29, 0.717) is 5.75 Å². The number of nitrogens with one attached hydrogen (secondary N) is 1. The maximum Gasteiger partial charge on any atom is 0.343 e. The number of methoxy groups -OCH3 is 1. The number of carbonyl (C=O) groups is 2. The zero-order valence-corrected chi connectivity index (χ0v) is 14.5. The fraction of sp³-hybridized carbons (Fsp3) is 0.222. The molecule has 0 saturated heterocycles. The Hall–Kier alpha value is -2.60. The molecule has 2 rings (SSSR count). The van der Waals surface area contributed by atoms with Crippen LogP contribution >= 0.6 is 11.6 Å². The third-order valence-electron chi connectivity index (χ3n) is 3.48. The number of esters is 1. The second-order valence-electron chi connectivity index (χ2n) is 5.20. The number of hydrogen-bond acceptors (Lipinski definition) is 4. The molecule has 0 bridgehead atoms. The van der Waals surface area contributed by atoms with Crippen molar-refractivity contribution in [2.24, 2.45) is 0 Å². The van der Waals surface area contributed by atoms with E-state index < -0.39 is 29.9 Å². The second-order valence-corrected chi connectivity index (χ2v) is 5.61. The monoisotopic (exact) mass is 365 g/mol. The van der Waals surface area contributed by atoms with Crippen molar-refractivity contribution < 1.29 is 23.5 Å². The fourth-order valence-electron chi connectivity index (χ4n) is 2.28. The van der Waals surface area contributed by atoms with Gasteiger partial charge in [0.1, 0.15) is 17.1 Å². The second kappa shape index (κ2) is 8.48. The molecule has 1 N–H and O–H groups in total. The third kappa shape index (κ3) is 4.70. The summed E-state index contributed by atoms with van der Waals surface area (Å²) < 4.78 is 23.7. The smallest absolute Gasteiger partial charge is 0.343 e. The normalized spacial score (nSPS) is 11.5. The molecule has 1 amide bonds. The first kappa shape index (κ1) is 18.7. The van der Waals surface area contributed by atoms with Gasteiger partial charge in [0.2, 0.25) is 0 Å². The van der Waals surface area contributed by atoms with Crippen LogP contribution in [0.5, 0.6) is 5.75 Å². The van der Waals surface area contributed by atoms with Crippen molar-refractivity contribution in [3.8, 4) is 5.75 Å². The molecule has 5 nitrogen and oxygen atoms in total. The van der Waals surface area contributed by atoms with Crippen molar-refractivity contribution >= 4 is 23.5 Å². The average molecular weight is 366 g/mol. The van der Waals surface area contributed by atoms with E-state index in [1.165, 1.54) is 19.2 Å². The summed E-state index contributed by atoms with van der Waals surface area (Å²) in [5.74, 6) is -1.70. The lowest BCUT2D eigenvalue weighted by atomic mass is 10.1. The van der Waals surface area contributed by atoms with Gasteiger partial charge in [0.05, 0.1) is 18.2 Å². The summed E-state index contributed by atoms with van der Waals surface area (Å²) in [6.07, 6.45) is 0. The quantitative estimate of drug-likeness (QED) is 0.795. The topological polar surface area (TPSA) is 64.6 Å². The molecule has 0 fully saturated rings. The summed E-state index contributed by atoms with van der Waals surface area (Å²) in [5.41, 5.74) is 0.386. The van der Waals surface area contributed by atoms with Gasteiger partial charge in [-0.05, 0) is 25.1 Å². The van der Waals surface area contributed by atoms with Crippen LogP contribution in [0.25, 0.3) is 0 Å². The Kier molecular flexibility index (Phi) is 6.36. The van der Waals surface area contributed by atoms with Gasteiger partial charge in [-0.3, -0.25) is 4.79 Å². The molecular weight excluding hydrogens is 349 g/mol. The number of halogens is 2. The number of para-hydroxylation sites is 1. The Labute approximate surface area is 149 Å². The van der Waals surface area contributed by atoms with Gasteiger partial charge in [-0.25, -0.2) is 9.18 Å². The first-order valence-electron chi connectivity index (χ1n) is 7.47. The molecule has 7 heteroatoms. The predicted molar refractivity (Wildman–Crippen MR) is 91.2 cm³/mol. The van der Waals surface area contributed by atoms with Gasteiger partial charge in [-0.15, -0.1) is 0 Å². The molecule has 0 saturated carbocycles. The van der Waals surface area contributed by atoms with E-state index in [2.05, 4.69) is 5.32 Å². The van der Waals surface area contributed by atoms with Crippen molar-refractivity contribution in [2.75, 3.05) is 13.7 Å². The summed E-state index contributed by atoms with van der Waals surface area (Å²) in [5, 5.41) is 2.61. The molecule has 25 heavy (non-hydrogen) atoms. The van der Waals surface area contributed by atoms with Crippen LogP contribution in [0.15, 0.2) is 42.5 Å². The van der Waals surface area contributed by atoms with E-state index in [9.17, 15) is 14.0 Å². The molecular formula is C18H17ClFNO4. The highest BCUT2D eigenvalue weighted by Gasteiger charge is 2.19. The van der Waals surface area contributed by atoms with Crippen LogP contribution in [0, 0.1) is 5.82 Å². The highest BCUT2D eigenvalue weighted by molar-refractivity contribution is 6.33.